The molecule has 3 atom stereocenters. The van der Waals surface area contributed by atoms with Gasteiger partial charge in [0.15, 0.2) is 0 Å². The molecule has 22 heteroatoms. The van der Waals surface area contributed by atoms with Gasteiger partial charge in [-0.05, 0) is 124 Å². The number of hydrogen-bond donors (Lipinski definition) is 3. The Morgan fingerprint density at radius 3 is 2.34 bits per heavy atom. The third kappa shape index (κ3) is 13.8. The number of fused-ring (bicyclic) bond motifs is 3. The topological polar surface area (TPSA) is 178 Å². The predicted octanol–water partition coefficient (Wildman–Crippen LogP) is 9.18. The first-order valence-electron chi connectivity index (χ1n) is 25.3. The molecule has 0 spiro atoms. The normalized spacial score (nSPS) is 20.0. The van der Waals surface area contributed by atoms with Crippen molar-refractivity contribution < 1.29 is 54.2 Å². The van der Waals surface area contributed by atoms with Crippen LogP contribution in [0.1, 0.15) is 76.2 Å². The molecule has 2 saturated heterocycles. The van der Waals surface area contributed by atoms with Crippen LogP contribution in [0.2, 0.25) is 5.02 Å². The van der Waals surface area contributed by atoms with Crippen molar-refractivity contribution >= 4 is 72.2 Å². The van der Waals surface area contributed by atoms with Crippen LogP contribution < -0.4 is 19.7 Å². The molecule has 76 heavy (non-hydrogen) atoms. The molecule has 3 aliphatic heterocycles. The molecule has 0 saturated carbocycles. The molecule has 3 heterocycles. The number of thioether (sulfide) groups is 1. The van der Waals surface area contributed by atoms with Crippen LogP contribution in [0, 0.1) is 5.41 Å². The minimum Gasteiger partial charge on any atom is -0.489 e. The van der Waals surface area contributed by atoms with Crippen LogP contribution in [-0.4, -0.2) is 149 Å². The van der Waals surface area contributed by atoms with Crippen LogP contribution in [0.15, 0.2) is 111 Å². The average Bonchev–Trinajstić information content (AvgIpc) is 3.38. The molecule has 0 aromatic heterocycles. The van der Waals surface area contributed by atoms with Gasteiger partial charge < -0.3 is 29.7 Å². The summed E-state index contributed by atoms with van der Waals surface area (Å²) in [5.74, 6) is -0.492. The van der Waals surface area contributed by atoms with Crippen molar-refractivity contribution in [3.05, 3.63) is 113 Å². The molecule has 8 rings (SSSR count). The van der Waals surface area contributed by atoms with E-state index in [0.29, 0.717) is 43.1 Å². The van der Waals surface area contributed by atoms with E-state index in [2.05, 4.69) is 41.1 Å². The summed E-state index contributed by atoms with van der Waals surface area (Å²) < 4.78 is 111. The van der Waals surface area contributed by atoms with Gasteiger partial charge in [0.05, 0.1) is 35.0 Å². The first-order chi connectivity index (χ1) is 35.8. The molecule has 1 aliphatic carbocycles. The maximum Gasteiger partial charge on any atom is 0.501 e. The van der Waals surface area contributed by atoms with Gasteiger partial charge in [0, 0.05) is 79.6 Å². The minimum atomic E-state index is -6.17. The van der Waals surface area contributed by atoms with Gasteiger partial charge in [0.1, 0.15) is 22.9 Å². The van der Waals surface area contributed by atoms with Crippen molar-refractivity contribution in [3.8, 4) is 5.75 Å². The number of halogens is 4. The lowest BCUT2D eigenvalue weighted by atomic mass is 9.72. The monoisotopic (exact) mass is 1130 g/mol. The number of amides is 2. The third-order valence-electron chi connectivity index (χ3n) is 14.1. The van der Waals surface area contributed by atoms with Gasteiger partial charge in [0.2, 0.25) is 0 Å². The Morgan fingerprint density at radius 1 is 0.921 bits per heavy atom. The summed E-state index contributed by atoms with van der Waals surface area (Å²) in [4.78, 5) is 33.3. The van der Waals surface area contributed by atoms with Crippen LogP contribution in [-0.2, 0) is 24.6 Å². The highest BCUT2D eigenvalue weighted by Crippen LogP contribution is 2.44. The number of rotatable bonds is 16. The predicted molar refractivity (Wildman–Crippen MR) is 289 cm³/mol. The van der Waals surface area contributed by atoms with Crippen LogP contribution in [0.4, 0.5) is 29.3 Å². The number of carbonyl (C=O) groups excluding carboxylic acids is 2. The number of benzene rings is 4. The van der Waals surface area contributed by atoms with E-state index in [1.807, 2.05) is 52.1 Å². The van der Waals surface area contributed by atoms with Gasteiger partial charge in [-0.15, -0.1) is 11.8 Å². The molecular formula is C54H66ClF3N6O9S3. The summed E-state index contributed by atoms with van der Waals surface area (Å²) in [5, 5.41) is 13.9. The van der Waals surface area contributed by atoms with E-state index >= 15 is 0 Å². The molecule has 0 radical (unpaired) electrons. The third-order valence-corrected chi connectivity index (χ3v) is 18.4. The fourth-order valence-electron chi connectivity index (χ4n) is 10.2. The second kappa shape index (κ2) is 23.1. The number of alkyl halides is 3. The van der Waals surface area contributed by atoms with E-state index in [9.17, 15) is 44.7 Å². The fraction of sp³-hybridized carbons (Fsp3) is 0.481. The van der Waals surface area contributed by atoms with Crippen LogP contribution >= 0.6 is 23.4 Å². The van der Waals surface area contributed by atoms with Gasteiger partial charge in [-0.2, -0.15) is 13.2 Å². The van der Waals surface area contributed by atoms with Gasteiger partial charge in [-0.1, -0.05) is 61.4 Å². The van der Waals surface area contributed by atoms with Crippen molar-refractivity contribution in [3.63, 3.8) is 0 Å². The van der Waals surface area contributed by atoms with Gasteiger partial charge >= 0.3 is 11.6 Å². The zero-order valence-electron chi connectivity index (χ0n) is 43.2. The lowest BCUT2D eigenvalue weighted by Gasteiger charge is -2.46. The Kier molecular flexibility index (Phi) is 17.4. The smallest absolute Gasteiger partial charge is 0.489 e. The van der Waals surface area contributed by atoms with E-state index < -0.39 is 70.5 Å². The molecule has 15 nitrogen and oxygen atoms in total. The molecule has 4 aromatic carbocycles. The molecule has 4 aliphatic rings. The average molecular weight is 1130 g/mol. The number of aliphatic hydroxyl groups is 1. The lowest BCUT2D eigenvalue weighted by molar-refractivity contribution is -0.0436. The van der Waals surface area contributed by atoms with Crippen molar-refractivity contribution in [1.29, 1.82) is 0 Å². The number of allylic oxidation sites excluding steroid dienone is 1. The summed E-state index contributed by atoms with van der Waals surface area (Å²) in [7, 11) is -11.1. The van der Waals surface area contributed by atoms with Crippen LogP contribution in [0.5, 0.6) is 5.75 Å². The fourth-order valence-corrected chi connectivity index (χ4v) is 13.4. The van der Waals surface area contributed by atoms with Gasteiger partial charge in [-0.3, -0.25) is 14.6 Å². The van der Waals surface area contributed by atoms with Gasteiger partial charge in [0.25, 0.3) is 25.8 Å². The molecule has 2 amide bonds. The van der Waals surface area contributed by atoms with Gasteiger partial charge in [-0.25, -0.2) is 26.4 Å². The SMILES string of the molecule is CC1(C)CCC(c2ccc(Cl)cc2)=C(CN2CCN3c4ccc(C(=O)NS(=O)(=O)c5ccc(N[C@H](CCN6CCN(C(=O)OC(C)(C)C)[C@H](CO)C6)CSc6ccccc6)c(S(=O)(=O)C(F)(F)F)c5)cc4OC[C@@H]3C2)C1. The Bertz CT molecular complexity index is 3020. The lowest BCUT2D eigenvalue weighted by Crippen LogP contribution is -2.57. The Labute approximate surface area is 453 Å². The maximum absolute atomic E-state index is 14.4. The molecule has 4 aromatic rings. The number of sulfone groups is 1. The number of carbonyl (C=O) groups is 2. The number of piperazine rings is 2. The number of nitrogens with one attached hydrogen (secondary N) is 2. The summed E-state index contributed by atoms with van der Waals surface area (Å²) in [6, 6.07) is 22.8. The van der Waals surface area contributed by atoms with Crippen molar-refractivity contribution in [2.75, 3.05) is 81.5 Å². The molecule has 2 fully saturated rings. The highest BCUT2D eigenvalue weighted by Gasteiger charge is 2.49. The number of nitrogens with zero attached hydrogens (tertiary/aromatic N) is 4. The molecule has 3 N–H and O–H groups in total. The van der Waals surface area contributed by atoms with Crippen LogP contribution in [0.3, 0.4) is 0 Å². The van der Waals surface area contributed by atoms with E-state index in [4.69, 9.17) is 21.1 Å². The Morgan fingerprint density at radius 2 is 1.64 bits per heavy atom. The molecular weight excluding hydrogens is 1070 g/mol. The largest absolute Gasteiger partial charge is 0.501 e. The summed E-state index contributed by atoms with van der Waals surface area (Å²) in [6.07, 6.45) is 2.75. The molecule has 0 bridgehead atoms. The second-order valence-corrected chi connectivity index (χ2v) is 26.7. The van der Waals surface area contributed by atoms with E-state index in [0.717, 1.165) is 61.6 Å². The first kappa shape index (κ1) is 57.2. The number of aliphatic hydroxyl groups excluding tert-OH is 1. The summed E-state index contributed by atoms with van der Waals surface area (Å²) in [6.45, 7) is 14.0. The summed E-state index contributed by atoms with van der Waals surface area (Å²) in [5.41, 5.74) is -2.29. The van der Waals surface area contributed by atoms with Crippen LogP contribution in [0.25, 0.3) is 5.57 Å². The standard InChI is InChI=1S/C54H66ClF3N6O9S3/c1-52(2,3)73-51(67)64-26-23-61(31-41(64)33-65)22-20-40(35-74-43-9-7-6-8-10-43)59-46-17-16-44(28-49(46)75(68,69)54(56,57)58)76(70,71)60-50(66)37-13-18-47-48(27-37)72-34-42-32-62(24-25-63(42)47)30-38-29-53(4,5)21-19-45(38)36-11-14-39(55)15-12-36/h6-18,27-28,40-42,59,65H,19-26,29-35H2,1-5H3,(H,60,66)/t40-,41+,42+/m1/s1. The quantitative estimate of drug-likeness (QED) is 0.0905. The Balaban J connectivity index is 0.961. The number of ether oxygens (including phenoxy) is 2. The zero-order chi connectivity index (χ0) is 54.8. The van der Waals surface area contributed by atoms with E-state index in [1.165, 1.54) is 45.5 Å². The molecule has 412 valence electrons. The highest BCUT2D eigenvalue weighted by atomic mass is 35.5. The zero-order valence-corrected chi connectivity index (χ0v) is 46.4. The summed E-state index contributed by atoms with van der Waals surface area (Å²) >= 11 is 7.60. The highest BCUT2D eigenvalue weighted by molar-refractivity contribution is 7.99. The van der Waals surface area contributed by atoms with Crippen molar-refractivity contribution in [2.24, 2.45) is 5.41 Å². The van der Waals surface area contributed by atoms with Crippen molar-refractivity contribution in [2.45, 2.75) is 104 Å². The van der Waals surface area contributed by atoms with E-state index in [1.54, 1.807) is 26.8 Å². The second-order valence-electron chi connectivity index (χ2n) is 21.6. The molecule has 0 unspecified atom stereocenters. The minimum absolute atomic E-state index is 0.00283. The number of sulfonamides is 1. The number of hydrogen-bond acceptors (Lipinski definition) is 14. The van der Waals surface area contributed by atoms with Crippen molar-refractivity contribution in [1.82, 2.24) is 19.4 Å². The first-order valence-corrected chi connectivity index (χ1v) is 29.6. The number of anilines is 2. The maximum atomic E-state index is 14.4. The van der Waals surface area contributed by atoms with E-state index in [-0.39, 0.29) is 48.9 Å². The Hall–Kier alpha value is -5.03.